The Morgan fingerprint density at radius 2 is 1.77 bits per heavy atom. The summed E-state index contributed by atoms with van der Waals surface area (Å²) in [5.41, 5.74) is 6.62. The number of carbonyl (C=O) groups is 4. The molecule has 61 heavy (non-hydrogen) atoms. The normalized spacial score (nSPS) is 19.8. The van der Waals surface area contributed by atoms with Crippen molar-refractivity contribution < 1.29 is 24.3 Å². The highest BCUT2D eigenvalue weighted by atomic mass is 16.3. The van der Waals surface area contributed by atoms with Crippen LogP contribution >= 0.6 is 0 Å². The molecule has 8 rings (SSSR count). The van der Waals surface area contributed by atoms with Crippen LogP contribution in [0.15, 0.2) is 54.7 Å². The van der Waals surface area contributed by atoms with E-state index in [0.29, 0.717) is 38.2 Å². The molecule has 4 aromatic rings. The zero-order valence-electron chi connectivity index (χ0n) is 35.6. The molecule has 0 bridgehead atoms. The van der Waals surface area contributed by atoms with Gasteiger partial charge in [0.15, 0.2) is 5.65 Å². The minimum atomic E-state index is -0.600. The third kappa shape index (κ3) is 9.52. The number of hydrogen-bond acceptors (Lipinski definition) is 10. The number of aromatic nitrogens is 3. The third-order valence-electron chi connectivity index (χ3n) is 12.9. The molecule has 0 radical (unpaired) electrons. The molecule has 15 heteroatoms. The lowest BCUT2D eigenvalue weighted by atomic mass is 9.98. The molecule has 4 aliphatic rings. The van der Waals surface area contributed by atoms with Gasteiger partial charge in [-0.25, -0.2) is 9.78 Å². The van der Waals surface area contributed by atoms with Gasteiger partial charge in [-0.2, -0.15) is 9.61 Å². The van der Waals surface area contributed by atoms with Gasteiger partial charge in [-0.1, -0.05) is 44.5 Å². The van der Waals surface area contributed by atoms with Gasteiger partial charge in [0.05, 0.1) is 6.20 Å². The zero-order valence-corrected chi connectivity index (χ0v) is 35.6. The number of aryl methyl sites for hydroxylation is 1. The lowest BCUT2D eigenvalue weighted by Gasteiger charge is -2.36. The van der Waals surface area contributed by atoms with Gasteiger partial charge in [0.25, 0.3) is 5.91 Å². The molecule has 4 N–H and O–H groups in total. The van der Waals surface area contributed by atoms with Crippen LogP contribution in [0, 0.1) is 0 Å². The van der Waals surface area contributed by atoms with E-state index in [0.717, 1.165) is 123 Å². The van der Waals surface area contributed by atoms with Gasteiger partial charge in [-0.05, 0) is 98.7 Å². The highest BCUT2D eigenvalue weighted by Crippen LogP contribution is 2.32. The molecule has 2 aromatic carbocycles. The van der Waals surface area contributed by atoms with Crippen LogP contribution in [-0.4, -0.2) is 116 Å². The summed E-state index contributed by atoms with van der Waals surface area (Å²) in [6.45, 7) is 10.4. The molecule has 1 unspecified atom stereocenters. The second-order valence-corrected chi connectivity index (χ2v) is 17.3. The predicted molar refractivity (Wildman–Crippen MR) is 235 cm³/mol. The molecular weight excluding hydrogens is 773 g/mol. The molecule has 3 saturated heterocycles. The van der Waals surface area contributed by atoms with Gasteiger partial charge < -0.3 is 30.4 Å². The van der Waals surface area contributed by atoms with Crippen molar-refractivity contribution in [1.29, 1.82) is 0 Å². The number of imide groups is 1. The number of benzene rings is 2. The Kier molecular flexibility index (Phi) is 13.1. The highest BCUT2D eigenvalue weighted by molar-refractivity contribution is 6.05. The Morgan fingerprint density at radius 3 is 2.54 bits per heavy atom. The maximum absolute atomic E-state index is 13.2. The van der Waals surface area contributed by atoms with E-state index in [4.69, 9.17) is 10.1 Å². The van der Waals surface area contributed by atoms with E-state index < -0.39 is 6.04 Å². The number of rotatable bonds is 15. The molecule has 15 nitrogen and oxygen atoms in total. The minimum absolute atomic E-state index is 0.0841. The Balaban J connectivity index is 0.773. The average molecular weight is 833 g/mol. The number of anilines is 3. The van der Waals surface area contributed by atoms with Crippen molar-refractivity contribution in [2.45, 2.75) is 109 Å². The predicted octanol–water partition coefficient (Wildman–Crippen LogP) is 5.53. The summed E-state index contributed by atoms with van der Waals surface area (Å²) >= 11 is 0. The van der Waals surface area contributed by atoms with Crippen LogP contribution in [0.2, 0.25) is 0 Å². The second kappa shape index (κ2) is 19.0. The van der Waals surface area contributed by atoms with E-state index in [9.17, 15) is 24.3 Å². The Labute approximate surface area is 357 Å². The lowest BCUT2D eigenvalue weighted by Crippen LogP contribution is -2.52. The number of hydrogen-bond donors (Lipinski definition) is 4. The molecule has 4 aliphatic heterocycles. The zero-order chi connectivity index (χ0) is 42.5. The fourth-order valence-electron chi connectivity index (χ4n) is 9.39. The highest BCUT2D eigenvalue weighted by Gasteiger charge is 2.39. The van der Waals surface area contributed by atoms with Crippen molar-refractivity contribution >= 4 is 46.7 Å². The van der Waals surface area contributed by atoms with Gasteiger partial charge in [0, 0.05) is 87.8 Å². The van der Waals surface area contributed by atoms with E-state index in [-0.39, 0.29) is 48.7 Å². The van der Waals surface area contributed by atoms with E-state index in [1.807, 2.05) is 52.0 Å². The fraction of sp³-hybridized carbons (Fsp3) is 0.522. The van der Waals surface area contributed by atoms with Crippen LogP contribution in [0.3, 0.4) is 0 Å². The van der Waals surface area contributed by atoms with Gasteiger partial charge in [-0.15, -0.1) is 0 Å². The van der Waals surface area contributed by atoms with Crippen LogP contribution < -0.4 is 20.9 Å². The monoisotopic (exact) mass is 832 g/mol. The van der Waals surface area contributed by atoms with Crippen molar-refractivity contribution in [1.82, 2.24) is 34.6 Å². The molecular formula is C46H60N10O5. The number of nitrogens with zero attached hydrogens (tertiary/aromatic N) is 7. The number of fused-ring (bicyclic) bond motifs is 2. The molecule has 0 aliphatic carbocycles. The van der Waals surface area contributed by atoms with Gasteiger partial charge >= 0.3 is 6.03 Å². The Hall–Kier alpha value is -5.54. The summed E-state index contributed by atoms with van der Waals surface area (Å²) in [4.78, 5) is 63.9. The first-order chi connectivity index (χ1) is 29.7. The fourth-order valence-corrected chi connectivity index (χ4v) is 9.39. The number of amides is 5. The quantitative estimate of drug-likeness (QED) is 0.0884. The Morgan fingerprint density at radius 1 is 0.951 bits per heavy atom. The van der Waals surface area contributed by atoms with E-state index in [2.05, 4.69) is 51.7 Å². The number of piperidine rings is 2. The number of nitrogens with one attached hydrogen (secondary N) is 3. The van der Waals surface area contributed by atoms with E-state index in [1.165, 1.54) is 0 Å². The molecule has 2 atom stereocenters. The Bertz CT molecular complexity index is 2210. The molecule has 2 aromatic heterocycles. The number of aliphatic hydroxyl groups is 1. The van der Waals surface area contributed by atoms with E-state index >= 15 is 0 Å². The summed E-state index contributed by atoms with van der Waals surface area (Å²) < 4.78 is 1.89. The number of aliphatic hydroxyl groups excluding tert-OH is 1. The molecule has 5 amide bonds. The third-order valence-corrected chi connectivity index (χ3v) is 12.9. The molecule has 6 heterocycles. The number of unbranched alkanes of at least 4 members (excludes halogenated alkanes) is 2. The molecule has 324 valence electrons. The van der Waals surface area contributed by atoms with Crippen LogP contribution in [0.4, 0.5) is 22.1 Å². The maximum atomic E-state index is 13.2. The van der Waals surface area contributed by atoms with Gasteiger partial charge in [0.2, 0.25) is 11.8 Å². The number of urea groups is 1. The van der Waals surface area contributed by atoms with Gasteiger partial charge in [0.1, 0.15) is 17.7 Å². The average Bonchev–Trinajstić information content (AvgIpc) is 3.85. The minimum Gasteiger partial charge on any atom is -0.396 e. The number of carbonyl (C=O) groups excluding carboxylic acids is 4. The van der Waals surface area contributed by atoms with Crippen molar-refractivity contribution in [2.24, 2.45) is 0 Å². The maximum Gasteiger partial charge on any atom is 0.321 e. The largest absolute Gasteiger partial charge is 0.396 e. The molecule has 0 spiro atoms. The lowest BCUT2D eigenvalue weighted by molar-refractivity contribution is -0.136. The van der Waals surface area contributed by atoms with Crippen LogP contribution in [0.1, 0.15) is 110 Å². The smallest absolute Gasteiger partial charge is 0.321 e. The number of piperazine rings is 1. The van der Waals surface area contributed by atoms with Crippen molar-refractivity contribution in [3.8, 4) is 0 Å². The summed E-state index contributed by atoms with van der Waals surface area (Å²) in [6.07, 6.45) is 10.6. The topological polar surface area (TPSA) is 168 Å². The van der Waals surface area contributed by atoms with Crippen LogP contribution in [-0.2, 0) is 29.1 Å². The van der Waals surface area contributed by atoms with Crippen molar-refractivity contribution in [3.05, 3.63) is 82.5 Å². The first kappa shape index (κ1) is 42.2. The van der Waals surface area contributed by atoms with E-state index in [1.54, 1.807) is 4.90 Å². The van der Waals surface area contributed by atoms with Crippen molar-refractivity contribution in [3.63, 3.8) is 0 Å². The van der Waals surface area contributed by atoms with Gasteiger partial charge in [-0.3, -0.25) is 24.6 Å². The second-order valence-electron chi connectivity index (χ2n) is 17.3. The molecule has 0 saturated carbocycles. The van der Waals surface area contributed by atoms with Crippen LogP contribution in [0.25, 0.3) is 5.65 Å². The summed E-state index contributed by atoms with van der Waals surface area (Å²) in [6, 6.07) is 15.5. The summed E-state index contributed by atoms with van der Waals surface area (Å²) in [5.74, 6) is 1.27. The first-order valence-electron chi connectivity index (χ1n) is 22.3. The van der Waals surface area contributed by atoms with Crippen molar-refractivity contribution in [2.75, 3.05) is 61.4 Å². The SMILES string of the molecule is CC(C)c1cnn2c(NCc3ccc(NC(=O)N4CCN(CCCCCc5cccc6c5CN(C5CCC(=O)NC5=O)C6=O)CC4)cc3)cc(N3CCCC[C@H]3CCO)nc12. The molecule has 3 fully saturated rings. The first-order valence-corrected chi connectivity index (χ1v) is 22.3. The summed E-state index contributed by atoms with van der Waals surface area (Å²) in [5, 5.41) is 23.5. The van der Waals surface area contributed by atoms with Crippen LogP contribution in [0.5, 0.6) is 0 Å². The standard InChI is InChI=1S/C46H60N10O5/c1-31(2)37-29-48-56-40(27-41(50-43(37)56)54-21-7-5-11-35(54)19-26-57)47-28-32-13-15-34(16-14-32)49-46(61)53-24-22-52(23-25-53)20-6-3-4-9-33-10-8-12-36-38(33)30-55(45(36)60)39-17-18-42(58)51-44(39)59/h8,10,12-16,27,29,31,35,39,47,57H,3-7,9,11,17-26,28,30H2,1-2H3,(H,49,61)(H,51,58,59)/t35-,39?/m0/s1. The summed E-state index contributed by atoms with van der Waals surface area (Å²) in [7, 11) is 0.